The summed E-state index contributed by atoms with van der Waals surface area (Å²) in [6.45, 7) is 3.88. The molecule has 0 bridgehead atoms. The van der Waals surface area contributed by atoms with Crippen molar-refractivity contribution in [2.45, 2.75) is 26.3 Å². The van der Waals surface area contributed by atoms with Gasteiger partial charge in [-0.3, -0.25) is 9.48 Å². The minimum absolute atomic E-state index is 0.0253. The van der Waals surface area contributed by atoms with Crippen LogP contribution < -0.4 is 0 Å². The normalized spacial score (nSPS) is 12.8. The maximum absolute atomic E-state index is 11.0. The Bertz CT molecular complexity index is 573. The second-order valence-corrected chi connectivity index (χ2v) is 4.73. The van der Waals surface area contributed by atoms with Crippen molar-refractivity contribution in [2.24, 2.45) is 13.0 Å². The molecule has 0 amide bonds. The number of aryl methyl sites for hydroxylation is 1. The van der Waals surface area contributed by atoms with Gasteiger partial charge in [0.15, 0.2) is 0 Å². The van der Waals surface area contributed by atoms with Crippen molar-refractivity contribution in [1.82, 2.24) is 30.0 Å². The summed E-state index contributed by atoms with van der Waals surface area (Å²) in [6.07, 6.45) is 1.76. The smallest absolute Gasteiger partial charge is 0.305 e. The number of tetrazole rings is 1. The first-order chi connectivity index (χ1) is 8.99. The van der Waals surface area contributed by atoms with Crippen LogP contribution in [0.5, 0.6) is 0 Å². The van der Waals surface area contributed by atoms with E-state index in [4.69, 9.17) is 5.11 Å². The molecule has 0 radical (unpaired) electrons. The van der Waals surface area contributed by atoms with Crippen LogP contribution in [-0.4, -0.2) is 41.1 Å². The predicted molar refractivity (Wildman–Crippen MR) is 66.1 cm³/mol. The minimum Gasteiger partial charge on any atom is -0.481 e. The molecular weight excluding hydrogens is 248 g/mol. The average molecular weight is 264 g/mol. The molecule has 0 aliphatic rings. The molecular formula is C11H16N6O2. The van der Waals surface area contributed by atoms with Gasteiger partial charge in [0.2, 0.25) is 5.82 Å². The highest BCUT2D eigenvalue weighted by molar-refractivity contribution is 5.67. The molecule has 0 saturated heterocycles. The van der Waals surface area contributed by atoms with E-state index < -0.39 is 5.97 Å². The molecule has 2 aromatic rings. The number of aliphatic carboxylic acids is 1. The summed E-state index contributed by atoms with van der Waals surface area (Å²) in [6, 6.07) is 1.49. The molecule has 1 N–H and O–H groups in total. The van der Waals surface area contributed by atoms with Crippen LogP contribution in [0.3, 0.4) is 0 Å². The van der Waals surface area contributed by atoms with E-state index >= 15 is 0 Å². The third kappa shape index (κ3) is 2.78. The Labute approximate surface area is 110 Å². The molecule has 2 rings (SSSR count). The van der Waals surface area contributed by atoms with Crippen LogP contribution in [0.15, 0.2) is 12.3 Å². The van der Waals surface area contributed by atoms with Gasteiger partial charge in [0.1, 0.15) is 5.69 Å². The summed E-state index contributed by atoms with van der Waals surface area (Å²) in [5.74, 6) is -0.288. The first-order valence-electron chi connectivity index (χ1n) is 5.98. The fourth-order valence-corrected chi connectivity index (χ4v) is 1.90. The maximum Gasteiger partial charge on any atom is 0.305 e. The van der Waals surface area contributed by atoms with Crippen molar-refractivity contribution in [3.63, 3.8) is 0 Å². The third-order valence-corrected chi connectivity index (χ3v) is 2.90. The van der Waals surface area contributed by atoms with E-state index in [1.165, 1.54) is 0 Å². The zero-order valence-corrected chi connectivity index (χ0v) is 11.1. The first kappa shape index (κ1) is 13.2. The van der Waals surface area contributed by atoms with Gasteiger partial charge in [0.25, 0.3) is 0 Å². The molecule has 8 heteroatoms. The maximum atomic E-state index is 11.0. The Hall–Kier alpha value is -2.25. The second kappa shape index (κ2) is 5.17. The quantitative estimate of drug-likeness (QED) is 0.855. The SMILES string of the molecule is CC(C)C(CC(=O)O)n1nnnc1-c1ccn(C)n1. The summed E-state index contributed by atoms with van der Waals surface area (Å²) in [4.78, 5) is 11.0. The summed E-state index contributed by atoms with van der Waals surface area (Å²) < 4.78 is 3.19. The van der Waals surface area contributed by atoms with E-state index in [2.05, 4.69) is 20.6 Å². The third-order valence-electron chi connectivity index (χ3n) is 2.90. The van der Waals surface area contributed by atoms with Crippen molar-refractivity contribution < 1.29 is 9.90 Å². The van der Waals surface area contributed by atoms with Crippen LogP contribution >= 0.6 is 0 Å². The van der Waals surface area contributed by atoms with E-state index in [1.807, 2.05) is 13.8 Å². The molecule has 0 aliphatic heterocycles. The molecule has 0 spiro atoms. The Morgan fingerprint density at radius 3 is 2.74 bits per heavy atom. The molecule has 0 saturated carbocycles. The average Bonchev–Trinajstić information content (AvgIpc) is 2.93. The lowest BCUT2D eigenvalue weighted by Crippen LogP contribution is -2.21. The fraction of sp³-hybridized carbons (Fsp3) is 0.545. The van der Waals surface area contributed by atoms with E-state index in [1.54, 1.807) is 28.7 Å². The summed E-state index contributed by atoms with van der Waals surface area (Å²) >= 11 is 0. The largest absolute Gasteiger partial charge is 0.481 e. The van der Waals surface area contributed by atoms with Gasteiger partial charge in [-0.15, -0.1) is 5.10 Å². The zero-order chi connectivity index (χ0) is 14.0. The molecule has 102 valence electrons. The van der Waals surface area contributed by atoms with Gasteiger partial charge in [0, 0.05) is 13.2 Å². The molecule has 0 fully saturated rings. The molecule has 19 heavy (non-hydrogen) atoms. The van der Waals surface area contributed by atoms with Crippen LogP contribution in [0.2, 0.25) is 0 Å². The molecule has 1 unspecified atom stereocenters. The van der Waals surface area contributed by atoms with Gasteiger partial charge in [-0.2, -0.15) is 5.10 Å². The van der Waals surface area contributed by atoms with Crippen LogP contribution in [-0.2, 0) is 11.8 Å². The zero-order valence-electron chi connectivity index (χ0n) is 11.1. The van der Waals surface area contributed by atoms with Gasteiger partial charge < -0.3 is 5.11 Å². The Kier molecular flexibility index (Phi) is 3.59. The molecule has 0 aromatic carbocycles. The number of hydrogen-bond donors (Lipinski definition) is 1. The van der Waals surface area contributed by atoms with E-state index in [9.17, 15) is 4.79 Å². The Morgan fingerprint density at radius 1 is 1.47 bits per heavy atom. The van der Waals surface area contributed by atoms with Crippen molar-refractivity contribution in [3.05, 3.63) is 12.3 Å². The standard InChI is InChI=1S/C11H16N6O2/c1-7(2)9(6-10(18)19)17-11(12-14-15-17)8-4-5-16(3)13-8/h4-5,7,9H,6H2,1-3H3,(H,18,19). The monoisotopic (exact) mass is 264 g/mol. The summed E-state index contributed by atoms with van der Waals surface area (Å²) in [5.41, 5.74) is 0.628. The van der Waals surface area contributed by atoms with Crippen LogP contribution in [0.25, 0.3) is 11.5 Å². The molecule has 2 heterocycles. The molecule has 2 aromatic heterocycles. The van der Waals surface area contributed by atoms with Crippen LogP contribution in [0, 0.1) is 5.92 Å². The van der Waals surface area contributed by atoms with Crippen molar-refractivity contribution in [1.29, 1.82) is 0 Å². The van der Waals surface area contributed by atoms with E-state index in [0.29, 0.717) is 11.5 Å². The van der Waals surface area contributed by atoms with Crippen molar-refractivity contribution >= 4 is 5.97 Å². The Morgan fingerprint density at radius 2 is 2.21 bits per heavy atom. The van der Waals surface area contributed by atoms with E-state index in [-0.39, 0.29) is 18.4 Å². The highest BCUT2D eigenvalue weighted by Gasteiger charge is 2.25. The van der Waals surface area contributed by atoms with Crippen molar-refractivity contribution in [2.75, 3.05) is 0 Å². The highest BCUT2D eigenvalue weighted by atomic mass is 16.4. The molecule has 0 aliphatic carbocycles. The minimum atomic E-state index is -0.874. The lowest BCUT2D eigenvalue weighted by atomic mass is 10.0. The van der Waals surface area contributed by atoms with Crippen LogP contribution in [0.1, 0.15) is 26.3 Å². The van der Waals surface area contributed by atoms with Gasteiger partial charge in [0.05, 0.1) is 12.5 Å². The van der Waals surface area contributed by atoms with Gasteiger partial charge in [-0.1, -0.05) is 13.8 Å². The van der Waals surface area contributed by atoms with Gasteiger partial charge in [-0.05, 0) is 22.4 Å². The predicted octanol–water partition coefficient (Wildman–Crippen LogP) is 0.745. The number of hydrogen-bond acceptors (Lipinski definition) is 5. The van der Waals surface area contributed by atoms with Gasteiger partial charge in [-0.25, -0.2) is 4.68 Å². The number of carboxylic acid groups (broad SMARTS) is 1. The second-order valence-electron chi connectivity index (χ2n) is 4.73. The molecule has 1 atom stereocenters. The summed E-state index contributed by atoms with van der Waals surface area (Å²) in [7, 11) is 1.80. The lowest BCUT2D eigenvalue weighted by molar-refractivity contribution is -0.138. The van der Waals surface area contributed by atoms with Gasteiger partial charge >= 0.3 is 5.97 Å². The van der Waals surface area contributed by atoms with Crippen LogP contribution in [0.4, 0.5) is 0 Å². The highest BCUT2D eigenvalue weighted by Crippen LogP contribution is 2.25. The van der Waals surface area contributed by atoms with Crippen molar-refractivity contribution in [3.8, 4) is 11.5 Å². The summed E-state index contributed by atoms with van der Waals surface area (Å²) in [5, 5.41) is 24.7. The first-order valence-corrected chi connectivity index (χ1v) is 5.98. The number of carbonyl (C=O) groups is 1. The lowest BCUT2D eigenvalue weighted by Gasteiger charge is -2.19. The number of rotatable bonds is 5. The number of nitrogens with zero attached hydrogens (tertiary/aromatic N) is 6. The molecule has 8 nitrogen and oxygen atoms in total. The fourth-order valence-electron chi connectivity index (χ4n) is 1.90. The number of aromatic nitrogens is 6. The Balaban J connectivity index is 2.39. The number of carboxylic acids is 1. The topological polar surface area (TPSA) is 98.7 Å². The van der Waals surface area contributed by atoms with E-state index in [0.717, 1.165) is 0 Å².